The number of hydrogen-bond donors (Lipinski definition) is 0. The Morgan fingerprint density at radius 1 is 1.05 bits per heavy atom. The molecule has 0 radical (unpaired) electrons. The molecule has 4 nitrogen and oxygen atoms in total. The van der Waals surface area contributed by atoms with Gasteiger partial charge in [-0.25, -0.2) is 8.42 Å². The zero-order valence-electron chi connectivity index (χ0n) is 13.3. The Labute approximate surface area is 132 Å². The van der Waals surface area contributed by atoms with Crippen molar-refractivity contribution < 1.29 is 8.42 Å². The molecule has 0 saturated heterocycles. The van der Waals surface area contributed by atoms with Crippen molar-refractivity contribution in [2.24, 2.45) is 0 Å². The second kappa shape index (κ2) is 6.92. The van der Waals surface area contributed by atoms with Gasteiger partial charge in [0.15, 0.2) is 0 Å². The minimum Gasteiger partial charge on any atom is -0.265 e. The maximum atomic E-state index is 12.4. The molecule has 1 heterocycles. The van der Waals surface area contributed by atoms with Crippen molar-refractivity contribution in [2.45, 2.75) is 33.2 Å². The minimum absolute atomic E-state index is 0.302. The molecular formula is C17H22N2O2S. The molecule has 5 heteroatoms. The first-order valence-corrected chi connectivity index (χ1v) is 9.29. The lowest BCUT2D eigenvalue weighted by Crippen LogP contribution is -2.31. The molecule has 0 amide bonds. The number of rotatable bonds is 6. The van der Waals surface area contributed by atoms with E-state index >= 15 is 0 Å². The van der Waals surface area contributed by atoms with Crippen molar-refractivity contribution in [1.82, 2.24) is 4.98 Å². The van der Waals surface area contributed by atoms with Crippen LogP contribution in [-0.4, -0.2) is 19.7 Å². The predicted molar refractivity (Wildman–Crippen MR) is 90.5 cm³/mol. The van der Waals surface area contributed by atoms with Crippen molar-refractivity contribution >= 4 is 15.7 Å². The van der Waals surface area contributed by atoms with Crippen molar-refractivity contribution in [1.29, 1.82) is 0 Å². The number of sulfonamides is 1. The fourth-order valence-electron chi connectivity index (χ4n) is 2.56. The first-order valence-electron chi connectivity index (χ1n) is 7.44. The van der Waals surface area contributed by atoms with Gasteiger partial charge in [-0.1, -0.05) is 38.1 Å². The Hall–Kier alpha value is -1.88. The van der Waals surface area contributed by atoms with Crippen molar-refractivity contribution in [3.8, 4) is 0 Å². The molecule has 1 aromatic heterocycles. The molecule has 0 saturated carbocycles. The Morgan fingerprint density at radius 3 is 2.14 bits per heavy atom. The zero-order valence-corrected chi connectivity index (χ0v) is 14.1. The van der Waals surface area contributed by atoms with Crippen LogP contribution in [-0.2, 0) is 29.4 Å². The summed E-state index contributed by atoms with van der Waals surface area (Å²) in [5, 5.41) is 0. The largest absolute Gasteiger partial charge is 0.265 e. The second-order valence-corrected chi connectivity index (χ2v) is 7.17. The van der Waals surface area contributed by atoms with Crippen LogP contribution in [0.2, 0.25) is 0 Å². The number of anilines is 1. The SMILES string of the molecule is CCc1cccc(CC)c1N(Cc1cccnc1)S(C)(=O)=O. The maximum Gasteiger partial charge on any atom is 0.232 e. The van der Waals surface area contributed by atoms with Crippen LogP contribution in [0.25, 0.3) is 0 Å². The average Bonchev–Trinajstić information content (AvgIpc) is 2.51. The van der Waals surface area contributed by atoms with Gasteiger partial charge in [-0.15, -0.1) is 0 Å². The van der Waals surface area contributed by atoms with Crippen molar-refractivity contribution in [2.75, 3.05) is 10.6 Å². The van der Waals surface area contributed by atoms with Crippen LogP contribution >= 0.6 is 0 Å². The summed E-state index contributed by atoms with van der Waals surface area (Å²) in [6, 6.07) is 9.70. The third kappa shape index (κ3) is 3.65. The highest BCUT2D eigenvalue weighted by Gasteiger charge is 2.22. The van der Waals surface area contributed by atoms with Gasteiger partial charge in [0.05, 0.1) is 18.5 Å². The molecule has 0 aliphatic rings. The number of aryl methyl sites for hydroxylation is 2. The lowest BCUT2D eigenvalue weighted by Gasteiger charge is -2.27. The molecule has 0 bridgehead atoms. The Morgan fingerprint density at radius 2 is 1.68 bits per heavy atom. The first-order chi connectivity index (χ1) is 10.5. The summed E-state index contributed by atoms with van der Waals surface area (Å²) in [5.74, 6) is 0. The van der Waals surface area contributed by atoms with Crippen LogP contribution in [0.3, 0.4) is 0 Å². The third-order valence-corrected chi connectivity index (χ3v) is 4.78. The molecule has 0 unspecified atom stereocenters. The predicted octanol–water partition coefficient (Wildman–Crippen LogP) is 3.17. The van der Waals surface area contributed by atoms with Crippen LogP contribution in [0, 0.1) is 0 Å². The van der Waals surface area contributed by atoms with Crippen LogP contribution in [0.1, 0.15) is 30.5 Å². The summed E-state index contributed by atoms with van der Waals surface area (Å²) < 4.78 is 26.3. The molecule has 0 fully saturated rings. The summed E-state index contributed by atoms with van der Waals surface area (Å²) in [6.45, 7) is 4.39. The smallest absolute Gasteiger partial charge is 0.232 e. The quantitative estimate of drug-likeness (QED) is 0.822. The number of hydrogen-bond acceptors (Lipinski definition) is 3. The van der Waals surface area contributed by atoms with E-state index in [0.717, 1.165) is 35.2 Å². The van der Waals surface area contributed by atoms with Gasteiger partial charge in [-0.3, -0.25) is 9.29 Å². The van der Waals surface area contributed by atoms with Crippen LogP contribution in [0.4, 0.5) is 5.69 Å². The summed E-state index contributed by atoms with van der Waals surface area (Å²) in [7, 11) is -3.38. The molecule has 22 heavy (non-hydrogen) atoms. The summed E-state index contributed by atoms with van der Waals surface area (Å²) in [6.07, 6.45) is 6.24. The van der Waals surface area contributed by atoms with E-state index in [0.29, 0.717) is 6.54 Å². The normalized spacial score (nSPS) is 11.4. The van der Waals surface area contributed by atoms with Gasteiger partial charge in [-0.2, -0.15) is 0 Å². The van der Waals surface area contributed by atoms with E-state index in [9.17, 15) is 8.42 Å². The van der Waals surface area contributed by atoms with E-state index in [4.69, 9.17) is 0 Å². The number of para-hydroxylation sites is 1. The van der Waals surface area contributed by atoms with E-state index in [1.54, 1.807) is 12.4 Å². The van der Waals surface area contributed by atoms with Crippen LogP contribution in [0.5, 0.6) is 0 Å². The Balaban J connectivity index is 2.56. The van der Waals surface area contributed by atoms with Crippen LogP contribution < -0.4 is 4.31 Å². The Bertz CT molecular complexity index is 705. The molecule has 2 rings (SSSR count). The number of benzene rings is 1. The van der Waals surface area contributed by atoms with Gasteiger partial charge in [0.1, 0.15) is 0 Å². The number of nitrogens with zero attached hydrogens (tertiary/aromatic N) is 2. The van der Waals surface area contributed by atoms with Gasteiger partial charge < -0.3 is 0 Å². The lowest BCUT2D eigenvalue weighted by atomic mass is 10.0. The Kier molecular flexibility index (Phi) is 5.19. The molecule has 0 aliphatic heterocycles. The molecule has 118 valence electrons. The molecule has 0 aliphatic carbocycles. The lowest BCUT2D eigenvalue weighted by molar-refractivity contribution is 0.596. The molecular weight excluding hydrogens is 296 g/mol. The fourth-order valence-corrected chi connectivity index (χ4v) is 3.50. The summed E-state index contributed by atoms with van der Waals surface area (Å²) in [4.78, 5) is 4.08. The van der Waals surface area contributed by atoms with Crippen molar-refractivity contribution in [3.05, 3.63) is 59.4 Å². The van der Waals surface area contributed by atoms with E-state index in [1.165, 1.54) is 10.6 Å². The standard InChI is InChI=1S/C17H22N2O2S/c1-4-15-9-6-10-16(5-2)17(15)19(22(3,20)21)13-14-8-7-11-18-12-14/h6-12H,4-5,13H2,1-3H3. The monoisotopic (exact) mass is 318 g/mol. The van der Waals surface area contributed by atoms with Gasteiger partial charge in [0.25, 0.3) is 0 Å². The first kappa shape index (κ1) is 16.5. The minimum atomic E-state index is -3.38. The average molecular weight is 318 g/mol. The van der Waals surface area contributed by atoms with E-state index in [1.807, 2.05) is 44.2 Å². The molecule has 0 spiro atoms. The highest BCUT2D eigenvalue weighted by atomic mass is 32.2. The molecule has 0 atom stereocenters. The highest BCUT2D eigenvalue weighted by molar-refractivity contribution is 7.92. The van der Waals surface area contributed by atoms with E-state index in [-0.39, 0.29) is 0 Å². The van der Waals surface area contributed by atoms with Gasteiger partial charge in [-0.05, 0) is 35.6 Å². The number of aromatic nitrogens is 1. The second-order valence-electron chi connectivity index (χ2n) is 5.26. The van der Waals surface area contributed by atoms with Gasteiger partial charge in [0, 0.05) is 12.4 Å². The van der Waals surface area contributed by atoms with Gasteiger partial charge in [0.2, 0.25) is 10.0 Å². The van der Waals surface area contributed by atoms with Crippen LogP contribution in [0.15, 0.2) is 42.7 Å². The zero-order chi connectivity index (χ0) is 16.2. The van der Waals surface area contributed by atoms with Gasteiger partial charge >= 0.3 is 0 Å². The summed E-state index contributed by atoms with van der Waals surface area (Å²) >= 11 is 0. The molecule has 1 aromatic carbocycles. The third-order valence-electron chi connectivity index (χ3n) is 3.66. The number of pyridine rings is 1. The van der Waals surface area contributed by atoms with E-state index in [2.05, 4.69) is 4.98 Å². The maximum absolute atomic E-state index is 12.4. The van der Waals surface area contributed by atoms with Crippen molar-refractivity contribution in [3.63, 3.8) is 0 Å². The topological polar surface area (TPSA) is 50.3 Å². The molecule has 0 N–H and O–H groups in total. The highest BCUT2D eigenvalue weighted by Crippen LogP contribution is 2.30. The van der Waals surface area contributed by atoms with E-state index < -0.39 is 10.0 Å². The molecule has 2 aromatic rings. The summed E-state index contributed by atoms with van der Waals surface area (Å²) in [5.41, 5.74) is 3.79. The fraction of sp³-hybridized carbons (Fsp3) is 0.353.